The van der Waals surface area contributed by atoms with Gasteiger partial charge in [0.2, 0.25) is 0 Å². The molecule has 0 aliphatic heterocycles. The van der Waals surface area contributed by atoms with Crippen LogP contribution in [0.15, 0.2) is 42.6 Å². The minimum Gasteiger partial charge on any atom is -0.390 e. The first kappa shape index (κ1) is 34.8. The van der Waals surface area contributed by atoms with Gasteiger partial charge in [0.15, 0.2) is 0 Å². The van der Waals surface area contributed by atoms with Crippen LogP contribution in [0.3, 0.4) is 0 Å². The number of aliphatic hydroxyl groups is 1. The summed E-state index contributed by atoms with van der Waals surface area (Å²) in [7, 11) is 0. The Bertz CT molecular complexity index is 1440. The van der Waals surface area contributed by atoms with Gasteiger partial charge in [0.1, 0.15) is 11.6 Å². The second-order valence-electron chi connectivity index (χ2n) is 11.5. The molecule has 0 unspecified atom stereocenters. The molecule has 0 aliphatic rings. The largest absolute Gasteiger partial charge is 0.390 e. The molecule has 2 atom stereocenters. The predicted molar refractivity (Wildman–Crippen MR) is 170 cm³/mol. The molecular weight excluding hydrogens is 582 g/mol. The van der Waals surface area contributed by atoms with Crippen LogP contribution in [0.25, 0.3) is 0 Å². The summed E-state index contributed by atoms with van der Waals surface area (Å²) in [6, 6.07) is 6.86. The Morgan fingerprint density at radius 2 is 1.57 bits per heavy atom. The van der Waals surface area contributed by atoms with E-state index in [1.807, 2.05) is 13.8 Å². The number of hydrogen-bond donors (Lipinski definition) is 2. The molecular formula is C34H42F2N4O3S. The maximum atomic E-state index is 14.1. The van der Waals surface area contributed by atoms with Gasteiger partial charge in [-0.3, -0.25) is 9.59 Å². The van der Waals surface area contributed by atoms with Crippen LogP contribution in [0.5, 0.6) is 0 Å². The summed E-state index contributed by atoms with van der Waals surface area (Å²) >= 11 is 1.48. The van der Waals surface area contributed by atoms with Crippen LogP contribution in [-0.4, -0.2) is 63.5 Å². The maximum absolute atomic E-state index is 14.1. The van der Waals surface area contributed by atoms with Crippen LogP contribution in [0, 0.1) is 29.9 Å². The standard InChI is InChI=1S/C34H42F2N4O3S/c1-6-9-39(10-7-2)33(42)25-12-23(8-3)13-26(17-25)34(43)40(20-29-19-38-32(44-29)11-22(4)5)21-31(41)30(37)16-24-14-27(35)18-28(36)15-24/h3,12-15,17-19,22,30-31,41H,6-7,9-11,16,20-21,37H2,1-2,4-5H3/t30-,31+/m0/s1. The second kappa shape index (κ2) is 16.4. The highest BCUT2D eigenvalue weighted by atomic mass is 32.1. The number of aliphatic hydroxyl groups excluding tert-OH is 1. The van der Waals surface area contributed by atoms with Crippen molar-refractivity contribution in [3.63, 3.8) is 0 Å². The number of thiazole rings is 1. The summed E-state index contributed by atoms with van der Waals surface area (Å²) in [5, 5.41) is 12.0. The molecule has 7 nitrogen and oxygen atoms in total. The molecule has 0 spiro atoms. The third kappa shape index (κ3) is 9.94. The Morgan fingerprint density at radius 1 is 0.977 bits per heavy atom. The van der Waals surface area contributed by atoms with E-state index in [1.165, 1.54) is 22.3 Å². The Balaban J connectivity index is 1.94. The Labute approximate surface area is 263 Å². The summed E-state index contributed by atoms with van der Waals surface area (Å²) in [5.41, 5.74) is 7.46. The fourth-order valence-electron chi connectivity index (χ4n) is 4.95. The Hall–Kier alpha value is -3.65. The van der Waals surface area contributed by atoms with Gasteiger partial charge < -0.3 is 20.6 Å². The highest BCUT2D eigenvalue weighted by molar-refractivity contribution is 7.11. The lowest BCUT2D eigenvalue weighted by molar-refractivity contribution is 0.0556. The number of nitrogens with zero attached hydrogens (tertiary/aromatic N) is 3. The fourth-order valence-corrected chi connectivity index (χ4v) is 6.10. The molecule has 1 aromatic heterocycles. The van der Waals surface area contributed by atoms with E-state index in [0.717, 1.165) is 47.3 Å². The first-order valence-corrected chi connectivity index (χ1v) is 15.8. The van der Waals surface area contributed by atoms with Crippen molar-refractivity contribution in [1.29, 1.82) is 0 Å². The summed E-state index contributed by atoms with van der Waals surface area (Å²) in [6.45, 7) is 9.29. The lowest BCUT2D eigenvalue weighted by Gasteiger charge is -2.28. The lowest BCUT2D eigenvalue weighted by atomic mass is 10.0. The molecule has 44 heavy (non-hydrogen) atoms. The molecule has 2 aromatic carbocycles. The molecule has 0 bridgehead atoms. The zero-order chi connectivity index (χ0) is 32.4. The minimum absolute atomic E-state index is 0.00705. The van der Waals surface area contributed by atoms with E-state index in [2.05, 4.69) is 24.8 Å². The molecule has 3 N–H and O–H groups in total. The van der Waals surface area contributed by atoms with Crippen molar-refractivity contribution >= 4 is 23.2 Å². The summed E-state index contributed by atoms with van der Waals surface area (Å²) < 4.78 is 27.5. The van der Waals surface area contributed by atoms with Crippen molar-refractivity contribution in [2.75, 3.05) is 19.6 Å². The highest BCUT2D eigenvalue weighted by Gasteiger charge is 2.26. The van der Waals surface area contributed by atoms with Crippen LogP contribution < -0.4 is 5.73 Å². The summed E-state index contributed by atoms with van der Waals surface area (Å²) in [6.07, 6.45) is 8.56. The number of carbonyl (C=O) groups excluding carboxylic acids is 2. The van der Waals surface area contributed by atoms with Crippen molar-refractivity contribution in [3.8, 4) is 12.3 Å². The van der Waals surface area contributed by atoms with Gasteiger partial charge in [0, 0.05) is 65.9 Å². The summed E-state index contributed by atoms with van der Waals surface area (Å²) in [5.74, 6) is 0.811. The normalized spacial score (nSPS) is 12.5. The van der Waals surface area contributed by atoms with E-state index >= 15 is 0 Å². The number of terminal acetylenes is 1. The lowest BCUT2D eigenvalue weighted by Crippen LogP contribution is -2.46. The number of nitrogens with two attached hydrogens (primary N) is 1. The van der Waals surface area contributed by atoms with Crippen molar-refractivity contribution in [2.24, 2.45) is 11.7 Å². The van der Waals surface area contributed by atoms with Crippen LogP contribution in [-0.2, 0) is 19.4 Å². The van der Waals surface area contributed by atoms with Gasteiger partial charge in [0.05, 0.1) is 17.7 Å². The van der Waals surface area contributed by atoms with Crippen molar-refractivity contribution in [1.82, 2.24) is 14.8 Å². The first-order chi connectivity index (χ1) is 20.9. The number of benzene rings is 2. The van der Waals surface area contributed by atoms with Gasteiger partial charge in [-0.25, -0.2) is 13.8 Å². The third-order valence-electron chi connectivity index (χ3n) is 6.98. The third-order valence-corrected chi connectivity index (χ3v) is 7.99. The van der Waals surface area contributed by atoms with Crippen LogP contribution in [0.4, 0.5) is 8.78 Å². The number of rotatable bonds is 15. The highest BCUT2D eigenvalue weighted by Crippen LogP contribution is 2.22. The van der Waals surface area contributed by atoms with E-state index in [9.17, 15) is 23.5 Å². The first-order valence-electron chi connectivity index (χ1n) is 15.0. The summed E-state index contributed by atoms with van der Waals surface area (Å²) in [4.78, 5) is 36.0. The van der Waals surface area contributed by atoms with Gasteiger partial charge in [-0.1, -0.05) is 33.6 Å². The van der Waals surface area contributed by atoms with Crippen LogP contribution >= 0.6 is 11.3 Å². The number of aromatic nitrogens is 1. The van der Waals surface area contributed by atoms with Gasteiger partial charge in [-0.15, -0.1) is 17.8 Å². The topological polar surface area (TPSA) is 99.8 Å². The van der Waals surface area contributed by atoms with Crippen molar-refractivity contribution in [3.05, 3.63) is 86.4 Å². The quantitative estimate of drug-likeness (QED) is 0.220. The zero-order valence-corrected chi connectivity index (χ0v) is 26.7. The zero-order valence-electron chi connectivity index (χ0n) is 25.9. The van der Waals surface area contributed by atoms with Crippen LogP contribution in [0.1, 0.15) is 82.3 Å². The minimum atomic E-state index is -1.23. The molecule has 10 heteroatoms. The maximum Gasteiger partial charge on any atom is 0.254 e. The Morgan fingerprint density at radius 3 is 2.11 bits per heavy atom. The monoisotopic (exact) mass is 624 g/mol. The number of carbonyl (C=O) groups is 2. The predicted octanol–water partition coefficient (Wildman–Crippen LogP) is 5.44. The van der Waals surface area contributed by atoms with E-state index in [-0.39, 0.29) is 31.0 Å². The van der Waals surface area contributed by atoms with Crippen LogP contribution in [0.2, 0.25) is 0 Å². The molecule has 2 amide bonds. The van der Waals surface area contributed by atoms with E-state index < -0.39 is 29.7 Å². The SMILES string of the molecule is C#Cc1cc(C(=O)N(CCC)CCC)cc(C(=O)N(Cc2cnc(CC(C)C)s2)C[C@@H](O)[C@@H](N)Cc2cc(F)cc(F)c2)c1. The van der Waals surface area contributed by atoms with Crippen molar-refractivity contribution < 1.29 is 23.5 Å². The molecule has 0 radical (unpaired) electrons. The van der Waals surface area contributed by atoms with E-state index in [1.54, 1.807) is 23.2 Å². The fraction of sp³-hybridized carbons (Fsp3) is 0.441. The smallest absolute Gasteiger partial charge is 0.254 e. The molecule has 0 saturated carbocycles. The van der Waals surface area contributed by atoms with E-state index in [4.69, 9.17) is 12.2 Å². The molecule has 0 aliphatic carbocycles. The van der Waals surface area contributed by atoms with Gasteiger partial charge in [-0.2, -0.15) is 0 Å². The second-order valence-corrected chi connectivity index (χ2v) is 12.7. The van der Waals surface area contributed by atoms with Crippen molar-refractivity contribution in [2.45, 2.75) is 72.1 Å². The van der Waals surface area contributed by atoms with Gasteiger partial charge >= 0.3 is 0 Å². The average Bonchev–Trinajstić information content (AvgIpc) is 3.40. The van der Waals surface area contributed by atoms with E-state index in [0.29, 0.717) is 35.7 Å². The Kier molecular flexibility index (Phi) is 13.0. The molecule has 236 valence electrons. The molecule has 3 aromatic rings. The average molecular weight is 625 g/mol. The molecule has 0 saturated heterocycles. The molecule has 1 heterocycles. The number of halogens is 2. The molecule has 0 fully saturated rings. The van der Waals surface area contributed by atoms with Gasteiger partial charge in [0.25, 0.3) is 11.8 Å². The molecule has 3 rings (SSSR count). The number of hydrogen-bond acceptors (Lipinski definition) is 6. The van der Waals surface area contributed by atoms with Gasteiger partial charge in [-0.05, 0) is 61.1 Å². The number of amides is 2.